The molecular weight excluding hydrogens is 430 g/mol. The maximum absolute atomic E-state index is 13.1. The number of benzene rings is 1. The lowest BCUT2D eigenvalue weighted by Crippen LogP contribution is -2.49. The van der Waals surface area contributed by atoms with E-state index in [1.165, 1.54) is 0 Å². The fourth-order valence-electron chi connectivity index (χ4n) is 4.10. The lowest BCUT2D eigenvalue weighted by atomic mass is 10.1. The Labute approximate surface area is 202 Å². The number of aliphatic hydroxyl groups excluding tert-OH is 1. The number of hydrogen-bond acceptors (Lipinski definition) is 6. The molecule has 0 atom stereocenters. The fraction of sp³-hybridized carbons (Fsp3) is 0.500. The Morgan fingerprint density at radius 2 is 1.74 bits per heavy atom. The van der Waals surface area contributed by atoms with E-state index in [1.54, 1.807) is 35.4 Å². The maximum Gasteiger partial charge on any atom is 0.253 e. The Balaban J connectivity index is 1.61. The van der Waals surface area contributed by atoms with Crippen LogP contribution < -0.4 is 10.2 Å². The molecule has 2 heterocycles. The monoisotopic (exact) mass is 467 g/mol. The van der Waals surface area contributed by atoms with Gasteiger partial charge in [0.1, 0.15) is 0 Å². The summed E-state index contributed by atoms with van der Waals surface area (Å²) in [6, 6.07) is 11.1. The molecule has 0 bridgehead atoms. The van der Waals surface area contributed by atoms with Crippen LogP contribution >= 0.6 is 0 Å². The van der Waals surface area contributed by atoms with E-state index < -0.39 is 0 Å². The van der Waals surface area contributed by atoms with Gasteiger partial charge in [0.15, 0.2) is 5.82 Å². The van der Waals surface area contributed by atoms with Crippen molar-refractivity contribution >= 4 is 23.3 Å². The minimum Gasteiger partial charge on any atom is -0.395 e. The van der Waals surface area contributed by atoms with Crippen LogP contribution in [0.3, 0.4) is 0 Å². The zero-order valence-electron chi connectivity index (χ0n) is 20.5. The third-order valence-corrected chi connectivity index (χ3v) is 5.91. The molecule has 1 aliphatic heterocycles. The smallest absolute Gasteiger partial charge is 0.253 e. The number of nitrogens with one attached hydrogen (secondary N) is 1. The van der Waals surface area contributed by atoms with Gasteiger partial charge in [-0.15, -0.1) is 0 Å². The summed E-state index contributed by atoms with van der Waals surface area (Å²) in [6.45, 7) is 9.77. The Morgan fingerprint density at radius 1 is 1.06 bits per heavy atom. The van der Waals surface area contributed by atoms with E-state index in [-0.39, 0.29) is 18.4 Å². The molecule has 34 heavy (non-hydrogen) atoms. The largest absolute Gasteiger partial charge is 0.395 e. The van der Waals surface area contributed by atoms with Crippen LogP contribution in [0.2, 0.25) is 0 Å². The molecule has 184 valence electrons. The normalized spacial score (nSPS) is 13.8. The SMILES string of the molecule is CCCCN(CCO)C(=O)c1ccc(C(=O)N2CCN(c3ncccc3NC(C)C)CC2)cc1. The zero-order valence-corrected chi connectivity index (χ0v) is 20.5. The molecule has 8 heteroatoms. The molecule has 2 aromatic rings. The van der Waals surface area contributed by atoms with Crippen LogP contribution in [0, 0.1) is 0 Å². The van der Waals surface area contributed by atoms with Crippen molar-refractivity contribution in [3.63, 3.8) is 0 Å². The molecule has 2 N–H and O–H groups in total. The third-order valence-electron chi connectivity index (χ3n) is 5.91. The summed E-state index contributed by atoms with van der Waals surface area (Å²) in [6.07, 6.45) is 3.67. The van der Waals surface area contributed by atoms with Gasteiger partial charge in [0.2, 0.25) is 0 Å². The molecule has 0 aliphatic carbocycles. The van der Waals surface area contributed by atoms with E-state index >= 15 is 0 Å². The minimum atomic E-state index is -0.115. The maximum atomic E-state index is 13.1. The van der Waals surface area contributed by atoms with Crippen LogP contribution in [0.5, 0.6) is 0 Å². The van der Waals surface area contributed by atoms with E-state index in [0.29, 0.717) is 56.4 Å². The number of aromatic nitrogens is 1. The van der Waals surface area contributed by atoms with E-state index in [9.17, 15) is 14.7 Å². The molecule has 1 aromatic heterocycles. The standard InChI is InChI=1S/C26H37N5O3/c1-4-5-13-30(18-19-32)25(33)21-8-10-22(11-9-21)26(34)31-16-14-29(15-17-31)24-23(28-20(2)3)7-6-12-27-24/h6-12,20,28,32H,4-5,13-19H2,1-3H3. The first-order valence-corrected chi connectivity index (χ1v) is 12.2. The molecule has 1 aliphatic rings. The van der Waals surface area contributed by atoms with Crippen LogP contribution in [-0.2, 0) is 0 Å². The number of carbonyl (C=O) groups excluding carboxylic acids is 2. The zero-order chi connectivity index (χ0) is 24.5. The highest BCUT2D eigenvalue weighted by atomic mass is 16.3. The van der Waals surface area contributed by atoms with Gasteiger partial charge in [-0.1, -0.05) is 13.3 Å². The first-order valence-electron chi connectivity index (χ1n) is 12.2. The van der Waals surface area contributed by atoms with Crippen LogP contribution in [-0.4, -0.2) is 83.6 Å². The highest BCUT2D eigenvalue weighted by molar-refractivity contribution is 5.98. The molecular formula is C26H37N5O3. The molecule has 2 amide bonds. The Kier molecular flexibility index (Phi) is 9.27. The first-order chi connectivity index (χ1) is 16.4. The second-order valence-electron chi connectivity index (χ2n) is 8.90. The Morgan fingerprint density at radius 3 is 2.35 bits per heavy atom. The molecule has 1 aromatic carbocycles. The molecule has 8 nitrogen and oxygen atoms in total. The van der Waals surface area contributed by atoms with E-state index in [0.717, 1.165) is 24.3 Å². The molecule has 0 unspecified atom stereocenters. The van der Waals surface area contributed by atoms with Crippen LogP contribution in [0.25, 0.3) is 0 Å². The molecule has 1 saturated heterocycles. The van der Waals surface area contributed by atoms with Crippen molar-refractivity contribution in [3.8, 4) is 0 Å². The number of nitrogens with zero attached hydrogens (tertiary/aromatic N) is 4. The van der Waals surface area contributed by atoms with Gasteiger partial charge >= 0.3 is 0 Å². The lowest BCUT2D eigenvalue weighted by molar-refractivity contribution is 0.0715. The van der Waals surface area contributed by atoms with Crippen molar-refractivity contribution in [2.24, 2.45) is 0 Å². The van der Waals surface area contributed by atoms with Crippen molar-refractivity contribution in [2.45, 2.75) is 39.7 Å². The average molecular weight is 468 g/mol. The van der Waals surface area contributed by atoms with Crippen molar-refractivity contribution in [2.75, 3.05) is 56.1 Å². The summed E-state index contributed by atoms with van der Waals surface area (Å²) in [7, 11) is 0. The van der Waals surface area contributed by atoms with Gasteiger partial charge in [-0.2, -0.15) is 0 Å². The summed E-state index contributed by atoms with van der Waals surface area (Å²) >= 11 is 0. The number of aliphatic hydroxyl groups is 1. The summed E-state index contributed by atoms with van der Waals surface area (Å²) in [4.78, 5) is 36.1. The number of carbonyl (C=O) groups is 2. The number of piperazine rings is 1. The number of rotatable bonds is 10. The van der Waals surface area contributed by atoms with Crippen molar-refractivity contribution in [3.05, 3.63) is 53.7 Å². The molecule has 3 rings (SSSR count). The minimum absolute atomic E-state index is 0.0293. The summed E-state index contributed by atoms with van der Waals surface area (Å²) < 4.78 is 0. The van der Waals surface area contributed by atoms with E-state index in [1.807, 2.05) is 17.0 Å². The van der Waals surface area contributed by atoms with Gasteiger partial charge < -0.3 is 25.1 Å². The van der Waals surface area contributed by atoms with Gasteiger partial charge in [-0.3, -0.25) is 9.59 Å². The summed E-state index contributed by atoms with van der Waals surface area (Å²) in [5.74, 6) is 0.774. The van der Waals surface area contributed by atoms with Crippen molar-refractivity contribution in [1.29, 1.82) is 0 Å². The Hall–Kier alpha value is -3.13. The predicted octanol–water partition coefficient (Wildman–Crippen LogP) is 3.10. The van der Waals surface area contributed by atoms with Crippen molar-refractivity contribution < 1.29 is 14.7 Å². The van der Waals surface area contributed by atoms with Crippen molar-refractivity contribution in [1.82, 2.24) is 14.8 Å². The highest BCUT2D eigenvalue weighted by Gasteiger charge is 2.25. The highest BCUT2D eigenvalue weighted by Crippen LogP contribution is 2.25. The molecule has 0 saturated carbocycles. The molecule has 1 fully saturated rings. The van der Waals surface area contributed by atoms with Gasteiger partial charge in [0.25, 0.3) is 11.8 Å². The fourth-order valence-corrected chi connectivity index (χ4v) is 4.10. The van der Waals surface area contributed by atoms with Crippen LogP contribution in [0.4, 0.5) is 11.5 Å². The number of hydrogen-bond donors (Lipinski definition) is 2. The van der Waals surface area contributed by atoms with Gasteiger partial charge in [-0.25, -0.2) is 4.98 Å². The van der Waals surface area contributed by atoms with Gasteiger partial charge in [0.05, 0.1) is 12.3 Å². The topological polar surface area (TPSA) is 89.0 Å². The first kappa shape index (κ1) is 25.5. The molecule has 0 radical (unpaired) electrons. The number of unbranched alkanes of at least 4 members (excludes halogenated alkanes) is 1. The number of pyridine rings is 1. The number of amides is 2. The number of anilines is 2. The van der Waals surface area contributed by atoms with Gasteiger partial charge in [-0.05, 0) is 56.7 Å². The molecule has 0 spiro atoms. The van der Waals surface area contributed by atoms with E-state index in [2.05, 4.69) is 36.0 Å². The quantitative estimate of drug-likeness (QED) is 0.558. The Bertz CT molecular complexity index is 940. The van der Waals surface area contributed by atoms with E-state index in [4.69, 9.17) is 0 Å². The average Bonchev–Trinajstić information content (AvgIpc) is 2.86. The van der Waals surface area contributed by atoms with Crippen LogP contribution in [0.15, 0.2) is 42.6 Å². The third kappa shape index (κ3) is 6.47. The second-order valence-corrected chi connectivity index (χ2v) is 8.90. The second kappa shape index (κ2) is 12.4. The van der Waals surface area contributed by atoms with Crippen LogP contribution in [0.1, 0.15) is 54.3 Å². The summed E-state index contributed by atoms with van der Waals surface area (Å²) in [5, 5.41) is 12.7. The predicted molar refractivity (Wildman–Crippen MR) is 135 cm³/mol. The summed E-state index contributed by atoms with van der Waals surface area (Å²) in [5.41, 5.74) is 2.12. The lowest BCUT2D eigenvalue weighted by Gasteiger charge is -2.36. The van der Waals surface area contributed by atoms with Gasteiger partial charge in [0, 0.05) is 62.6 Å².